The van der Waals surface area contributed by atoms with E-state index < -0.39 is 10.0 Å². The predicted octanol–water partition coefficient (Wildman–Crippen LogP) is 0.598. The fraction of sp³-hybridized carbons (Fsp3) is 0.500. The summed E-state index contributed by atoms with van der Waals surface area (Å²) in [5, 5.41) is 3.11. The van der Waals surface area contributed by atoms with Crippen molar-refractivity contribution in [3.63, 3.8) is 0 Å². The van der Waals surface area contributed by atoms with Crippen LogP contribution in [0.1, 0.15) is 5.56 Å². The topological polar surface area (TPSA) is 49.4 Å². The van der Waals surface area contributed by atoms with E-state index in [1.807, 2.05) is 24.3 Å². The van der Waals surface area contributed by atoms with Gasteiger partial charge in [-0.05, 0) is 24.0 Å². The molecule has 0 aromatic heterocycles. The Morgan fingerprint density at radius 1 is 1.29 bits per heavy atom. The average Bonchev–Trinajstić information content (AvgIpc) is 2.68. The van der Waals surface area contributed by atoms with Gasteiger partial charge in [-0.1, -0.05) is 18.2 Å². The van der Waals surface area contributed by atoms with Crippen LogP contribution in [-0.4, -0.2) is 33.8 Å². The van der Waals surface area contributed by atoms with Gasteiger partial charge in [0, 0.05) is 19.6 Å². The highest BCUT2D eigenvalue weighted by Gasteiger charge is 2.32. The maximum absolute atomic E-state index is 12.3. The van der Waals surface area contributed by atoms with Gasteiger partial charge in [-0.15, -0.1) is 0 Å². The van der Waals surface area contributed by atoms with Crippen LogP contribution in [-0.2, 0) is 16.4 Å². The van der Waals surface area contributed by atoms with Crippen molar-refractivity contribution < 1.29 is 8.42 Å². The maximum atomic E-state index is 12.3. The van der Waals surface area contributed by atoms with Crippen LogP contribution in [0, 0.1) is 5.92 Å². The SMILES string of the molecule is O=S(=O)(CC1CNC1)N1CCc2ccccc21. The Labute approximate surface area is 102 Å². The number of hydrogen-bond acceptors (Lipinski definition) is 3. The molecule has 0 spiro atoms. The molecule has 1 aromatic carbocycles. The molecule has 0 bridgehead atoms. The molecule has 5 heteroatoms. The summed E-state index contributed by atoms with van der Waals surface area (Å²) in [6.07, 6.45) is 0.832. The summed E-state index contributed by atoms with van der Waals surface area (Å²) in [4.78, 5) is 0. The standard InChI is InChI=1S/C12H16N2O2S/c15-17(16,9-10-7-13-8-10)14-6-5-11-3-1-2-4-12(11)14/h1-4,10,13H,5-9H2. The normalized spacial score (nSPS) is 20.1. The second-order valence-corrected chi connectivity index (χ2v) is 6.69. The third-order valence-electron chi connectivity index (χ3n) is 3.49. The quantitative estimate of drug-likeness (QED) is 0.857. The lowest BCUT2D eigenvalue weighted by atomic mass is 10.1. The largest absolute Gasteiger partial charge is 0.316 e. The number of sulfonamides is 1. The summed E-state index contributed by atoms with van der Waals surface area (Å²) in [5.74, 6) is 0.557. The Morgan fingerprint density at radius 2 is 2.06 bits per heavy atom. The molecular formula is C12H16N2O2S. The van der Waals surface area contributed by atoms with Crippen LogP contribution < -0.4 is 9.62 Å². The number of benzene rings is 1. The first-order valence-corrected chi connectivity index (χ1v) is 7.57. The Kier molecular flexibility index (Phi) is 2.60. The number of fused-ring (bicyclic) bond motifs is 1. The fourth-order valence-corrected chi connectivity index (χ4v) is 4.31. The molecule has 2 aliphatic heterocycles. The third kappa shape index (κ3) is 1.93. The summed E-state index contributed by atoms with van der Waals surface area (Å²) in [7, 11) is -3.14. The van der Waals surface area contributed by atoms with E-state index in [4.69, 9.17) is 0 Å². The lowest BCUT2D eigenvalue weighted by molar-refractivity contribution is 0.378. The molecule has 4 nitrogen and oxygen atoms in total. The fourth-order valence-electron chi connectivity index (χ4n) is 2.45. The van der Waals surface area contributed by atoms with Gasteiger partial charge in [0.25, 0.3) is 0 Å². The molecule has 2 aliphatic rings. The molecule has 3 rings (SSSR count). The van der Waals surface area contributed by atoms with Gasteiger partial charge in [0.2, 0.25) is 10.0 Å². The van der Waals surface area contributed by atoms with Crippen molar-refractivity contribution >= 4 is 15.7 Å². The molecule has 0 unspecified atom stereocenters. The number of nitrogens with one attached hydrogen (secondary N) is 1. The van der Waals surface area contributed by atoms with Gasteiger partial charge in [-0.3, -0.25) is 4.31 Å². The second-order valence-electron chi connectivity index (χ2n) is 4.75. The van der Waals surface area contributed by atoms with Crippen LogP contribution in [0.25, 0.3) is 0 Å². The minimum Gasteiger partial charge on any atom is -0.316 e. The molecule has 0 atom stereocenters. The Balaban J connectivity index is 1.85. The summed E-state index contributed by atoms with van der Waals surface area (Å²) in [6, 6.07) is 7.77. The summed E-state index contributed by atoms with van der Waals surface area (Å²) in [5.41, 5.74) is 2.02. The highest BCUT2D eigenvalue weighted by Crippen LogP contribution is 2.30. The van der Waals surface area contributed by atoms with Crippen LogP contribution in [0.5, 0.6) is 0 Å². The van der Waals surface area contributed by atoms with E-state index in [1.165, 1.54) is 0 Å². The van der Waals surface area contributed by atoms with Crippen molar-refractivity contribution in [1.29, 1.82) is 0 Å². The van der Waals surface area contributed by atoms with E-state index in [9.17, 15) is 8.42 Å². The molecule has 92 valence electrons. The molecule has 1 N–H and O–H groups in total. The smallest absolute Gasteiger partial charge is 0.235 e. The van der Waals surface area contributed by atoms with E-state index in [0.717, 1.165) is 30.8 Å². The van der Waals surface area contributed by atoms with Crippen LogP contribution in [0.15, 0.2) is 24.3 Å². The molecule has 2 heterocycles. The van der Waals surface area contributed by atoms with Crippen LogP contribution in [0.3, 0.4) is 0 Å². The number of nitrogens with zero attached hydrogens (tertiary/aromatic N) is 1. The number of rotatable bonds is 3. The van der Waals surface area contributed by atoms with E-state index in [-0.39, 0.29) is 11.7 Å². The van der Waals surface area contributed by atoms with Crippen LogP contribution in [0.4, 0.5) is 5.69 Å². The molecule has 1 aromatic rings. The maximum Gasteiger partial charge on any atom is 0.235 e. The van der Waals surface area contributed by atoms with Crippen LogP contribution >= 0.6 is 0 Å². The summed E-state index contributed by atoms with van der Waals surface area (Å²) in [6.45, 7) is 2.26. The highest BCUT2D eigenvalue weighted by molar-refractivity contribution is 7.92. The minimum atomic E-state index is -3.14. The van der Waals surface area contributed by atoms with Gasteiger partial charge >= 0.3 is 0 Å². The molecule has 1 saturated heterocycles. The monoisotopic (exact) mass is 252 g/mol. The van der Waals surface area contributed by atoms with Gasteiger partial charge in [0.05, 0.1) is 11.4 Å². The molecule has 0 aliphatic carbocycles. The molecule has 0 saturated carbocycles. The van der Waals surface area contributed by atoms with E-state index in [1.54, 1.807) is 4.31 Å². The van der Waals surface area contributed by atoms with Gasteiger partial charge in [0.1, 0.15) is 0 Å². The first-order chi connectivity index (χ1) is 8.17. The van der Waals surface area contributed by atoms with Crippen LogP contribution in [0.2, 0.25) is 0 Å². The van der Waals surface area contributed by atoms with Crippen molar-refractivity contribution in [2.24, 2.45) is 5.92 Å². The second kappa shape index (κ2) is 3.99. The Hall–Kier alpha value is -1.07. The number of para-hydroxylation sites is 1. The molecule has 0 radical (unpaired) electrons. The number of hydrogen-bond donors (Lipinski definition) is 1. The van der Waals surface area contributed by atoms with E-state index in [2.05, 4.69) is 5.32 Å². The minimum absolute atomic E-state index is 0.272. The highest BCUT2D eigenvalue weighted by atomic mass is 32.2. The van der Waals surface area contributed by atoms with Gasteiger partial charge in [-0.2, -0.15) is 0 Å². The van der Waals surface area contributed by atoms with Crippen molar-refractivity contribution in [3.8, 4) is 0 Å². The van der Waals surface area contributed by atoms with Gasteiger partial charge in [-0.25, -0.2) is 8.42 Å². The lowest BCUT2D eigenvalue weighted by Gasteiger charge is -2.29. The molecule has 1 fully saturated rings. The summed E-state index contributed by atoms with van der Waals surface area (Å²) >= 11 is 0. The first-order valence-electron chi connectivity index (χ1n) is 5.96. The Bertz CT molecular complexity index is 523. The zero-order chi connectivity index (χ0) is 11.9. The van der Waals surface area contributed by atoms with Crippen molar-refractivity contribution in [3.05, 3.63) is 29.8 Å². The lowest BCUT2D eigenvalue weighted by Crippen LogP contribution is -2.48. The van der Waals surface area contributed by atoms with Gasteiger partial charge < -0.3 is 5.32 Å². The summed E-state index contributed by atoms with van der Waals surface area (Å²) < 4.78 is 26.2. The van der Waals surface area contributed by atoms with Gasteiger partial charge in [0.15, 0.2) is 0 Å². The van der Waals surface area contributed by atoms with Crippen molar-refractivity contribution in [2.45, 2.75) is 6.42 Å². The molecule has 0 amide bonds. The zero-order valence-electron chi connectivity index (χ0n) is 9.59. The number of anilines is 1. The van der Waals surface area contributed by atoms with Crippen molar-refractivity contribution in [1.82, 2.24) is 5.32 Å². The van der Waals surface area contributed by atoms with Crippen molar-refractivity contribution in [2.75, 3.05) is 29.7 Å². The van der Waals surface area contributed by atoms with E-state index >= 15 is 0 Å². The molecule has 17 heavy (non-hydrogen) atoms. The predicted molar refractivity (Wildman–Crippen MR) is 67.6 cm³/mol. The third-order valence-corrected chi connectivity index (χ3v) is 5.44. The zero-order valence-corrected chi connectivity index (χ0v) is 10.4. The first kappa shape index (κ1) is 11.0. The molecular weight excluding hydrogens is 236 g/mol. The van der Waals surface area contributed by atoms with E-state index in [0.29, 0.717) is 6.54 Å². The Morgan fingerprint density at radius 3 is 2.76 bits per heavy atom. The average molecular weight is 252 g/mol.